The van der Waals surface area contributed by atoms with Crippen molar-refractivity contribution in [3.8, 4) is 17.6 Å². The molecule has 0 saturated heterocycles. The van der Waals surface area contributed by atoms with Crippen molar-refractivity contribution < 1.29 is 28.8 Å². The topological polar surface area (TPSA) is 74.2 Å². The highest BCUT2D eigenvalue weighted by atomic mass is 35.5. The number of halogens is 1. The number of benzene rings is 1. The fourth-order valence-electron chi connectivity index (χ4n) is 3.21. The Kier molecular flexibility index (Phi) is 9.86. The van der Waals surface area contributed by atoms with Crippen LogP contribution in [-0.2, 0) is 19.0 Å². The van der Waals surface area contributed by atoms with Crippen LogP contribution in [0.25, 0.3) is 0 Å². The highest BCUT2D eigenvalue weighted by Gasteiger charge is 2.28. The molecule has 2 rings (SSSR count). The summed E-state index contributed by atoms with van der Waals surface area (Å²) in [5, 5.41) is 9.77. The van der Waals surface area contributed by atoms with Crippen LogP contribution in [0.2, 0.25) is 5.02 Å². The first-order valence-corrected chi connectivity index (χ1v) is 10.7. The summed E-state index contributed by atoms with van der Waals surface area (Å²) in [7, 11) is 3.24. The lowest BCUT2D eigenvalue weighted by molar-refractivity contribution is -0.151. The van der Waals surface area contributed by atoms with Gasteiger partial charge in [0, 0.05) is 26.1 Å². The average molecular weight is 461 g/mol. The van der Waals surface area contributed by atoms with Gasteiger partial charge in [-0.2, -0.15) is 0 Å². The third-order valence-corrected chi connectivity index (χ3v) is 5.35. The van der Waals surface area contributed by atoms with Gasteiger partial charge < -0.3 is 24.1 Å². The summed E-state index contributed by atoms with van der Waals surface area (Å²) in [5.74, 6) is 6.03. The van der Waals surface area contributed by atoms with Crippen molar-refractivity contribution in [1.29, 1.82) is 0 Å². The fraction of sp³-hybridized carbons (Fsp3) is 0.400. The molecule has 0 heterocycles. The Morgan fingerprint density at radius 3 is 2.78 bits per heavy atom. The summed E-state index contributed by atoms with van der Waals surface area (Å²) < 4.78 is 21.9. The van der Waals surface area contributed by atoms with Gasteiger partial charge in [-0.05, 0) is 48.9 Å². The molecule has 0 bridgehead atoms. The van der Waals surface area contributed by atoms with E-state index in [9.17, 15) is 9.90 Å². The maximum absolute atomic E-state index is 11.4. The van der Waals surface area contributed by atoms with E-state index in [1.165, 1.54) is 0 Å². The Bertz CT molecular complexity index is 939. The van der Waals surface area contributed by atoms with E-state index in [2.05, 4.69) is 11.8 Å². The molecule has 1 aromatic carbocycles. The molecule has 1 N–H and O–H groups in total. The van der Waals surface area contributed by atoms with Gasteiger partial charge in [-0.1, -0.05) is 42.5 Å². The molecule has 0 aliphatic heterocycles. The van der Waals surface area contributed by atoms with Gasteiger partial charge in [0.25, 0.3) is 0 Å². The number of carboxylic acid groups (broad SMARTS) is 1. The quantitative estimate of drug-likeness (QED) is 0.508. The predicted octanol–water partition coefficient (Wildman–Crippen LogP) is 4.75. The molecular weight excluding hydrogens is 432 g/mol. The lowest BCUT2D eigenvalue weighted by Gasteiger charge is -2.26. The number of ether oxygens (including phenoxy) is 4. The number of hydrogen-bond acceptors (Lipinski definition) is 5. The Morgan fingerprint density at radius 1 is 1.38 bits per heavy atom. The zero-order valence-corrected chi connectivity index (χ0v) is 19.5. The lowest BCUT2D eigenvalue weighted by Crippen LogP contribution is -2.29. The summed E-state index contributed by atoms with van der Waals surface area (Å²) in [6, 6.07) is 5.23. The number of carbonyl (C=O) groups is 1. The molecule has 3 atom stereocenters. The van der Waals surface area contributed by atoms with Gasteiger partial charge >= 0.3 is 5.97 Å². The molecule has 0 spiro atoms. The summed E-state index contributed by atoms with van der Waals surface area (Å²) in [4.78, 5) is 11.4. The van der Waals surface area contributed by atoms with Crippen molar-refractivity contribution in [3.63, 3.8) is 0 Å². The van der Waals surface area contributed by atoms with Crippen molar-refractivity contribution in [2.75, 3.05) is 27.4 Å². The van der Waals surface area contributed by atoms with Crippen LogP contribution < -0.4 is 4.74 Å². The van der Waals surface area contributed by atoms with Crippen molar-refractivity contribution in [2.45, 2.75) is 37.9 Å². The van der Waals surface area contributed by atoms with E-state index in [4.69, 9.17) is 30.5 Å². The monoisotopic (exact) mass is 460 g/mol. The second-order valence-corrected chi connectivity index (χ2v) is 7.55. The SMILES string of the molecule is CCOC(C(=O)O)C(C)c1ccc(OC/C=C\C#CC2(OC)C=CC=C(OC)C2)c(Cl)c1. The molecule has 0 aromatic heterocycles. The molecule has 1 aliphatic rings. The zero-order valence-electron chi connectivity index (χ0n) is 18.8. The third kappa shape index (κ3) is 6.89. The molecule has 1 aromatic rings. The van der Waals surface area contributed by atoms with Crippen LogP contribution in [0.1, 0.15) is 31.7 Å². The molecular formula is C25H29ClO6. The minimum absolute atomic E-state index is 0.277. The van der Waals surface area contributed by atoms with E-state index < -0.39 is 17.7 Å². The van der Waals surface area contributed by atoms with E-state index in [0.29, 0.717) is 23.8 Å². The summed E-state index contributed by atoms with van der Waals surface area (Å²) in [5.41, 5.74) is 0.0515. The third-order valence-electron chi connectivity index (χ3n) is 5.06. The Hall–Kier alpha value is -2.72. The van der Waals surface area contributed by atoms with Crippen molar-refractivity contribution in [2.24, 2.45) is 0 Å². The highest BCUT2D eigenvalue weighted by molar-refractivity contribution is 6.32. The molecule has 7 heteroatoms. The van der Waals surface area contributed by atoms with E-state index in [1.807, 2.05) is 18.2 Å². The van der Waals surface area contributed by atoms with Gasteiger partial charge in [0.1, 0.15) is 12.4 Å². The van der Waals surface area contributed by atoms with Gasteiger partial charge in [-0.15, -0.1) is 0 Å². The standard InChI is InChI=1S/C25H29ClO6/c1-5-31-23(24(27)28)18(2)19-11-12-22(21(26)16-19)32-15-8-6-7-13-25(30-4)14-9-10-20(17-25)29-3/h6,8-12,14,16,18,23H,5,15,17H2,1-4H3,(H,27,28)/b8-6-. The Morgan fingerprint density at radius 2 is 2.16 bits per heavy atom. The van der Waals surface area contributed by atoms with Crippen molar-refractivity contribution >= 4 is 17.6 Å². The van der Waals surface area contributed by atoms with Gasteiger partial charge in [0.2, 0.25) is 0 Å². The van der Waals surface area contributed by atoms with Crippen molar-refractivity contribution in [1.82, 2.24) is 0 Å². The van der Waals surface area contributed by atoms with E-state index in [-0.39, 0.29) is 12.5 Å². The van der Waals surface area contributed by atoms with Crippen LogP contribution in [0.4, 0.5) is 0 Å². The number of rotatable bonds is 10. The lowest BCUT2D eigenvalue weighted by atomic mass is 9.94. The fourth-order valence-corrected chi connectivity index (χ4v) is 3.46. The first kappa shape index (κ1) is 25.5. The van der Waals surface area contributed by atoms with Crippen LogP contribution in [0, 0.1) is 11.8 Å². The molecule has 0 radical (unpaired) electrons. The minimum Gasteiger partial charge on any atom is -0.501 e. The predicted molar refractivity (Wildman–Crippen MR) is 124 cm³/mol. The second-order valence-electron chi connectivity index (χ2n) is 7.14. The summed E-state index contributed by atoms with van der Waals surface area (Å²) in [6.45, 7) is 4.15. The molecule has 3 unspecified atom stereocenters. The van der Waals surface area contributed by atoms with Crippen LogP contribution in [0.5, 0.6) is 5.75 Å². The number of methoxy groups -OCH3 is 2. The van der Waals surface area contributed by atoms with E-state index in [1.54, 1.807) is 58.4 Å². The number of aliphatic carboxylic acids is 1. The van der Waals surface area contributed by atoms with Crippen LogP contribution >= 0.6 is 11.6 Å². The maximum Gasteiger partial charge on any atom is 0.333 e. The second kappa shape index (κ2) is 12.4. The van der Waals surface area contributed by atoms with Gasteiger partial charge in [-0.25, -0.2) is 4.79 Å². The van der Waals surface area contributed by atoms with Gasteiger partial charge in [0.15, 0.2) is 11.7 Å². The minimum atomic E-state index is -1.00. The largest absolute Gasteiger partial charge is 0.501 e. The normalized spacial score (nSPS) is 19.6. The van der Waals surface area contributed by atoms with Gasteiger partial charge in [0.05, 0.1) is 17.9 Å². The molecule has 6 nitrogen and oxygen atoms in total. The maximum atomic E-state index is 11.4. The van der Waals surface area contributed by atoms with Crippen LogP contribution in [-0.4, -0.2) is 50.2 Å². The van der Waals surface area contributed by atoms with Crippen molar-refractivity contribution in [3.05, 3.63) is 64.9 Å². The molecule has 32 heavy (non-hydrogen) atoms. The highest BCUT2D eigenvalue weighted by Crippen LogP contribution is 2.31. The van der Waals surface area contributed by atoms with E-state index in [0.717, 1.165) is 11.3 Å². The van der Waals surface area contributed by atoms with Crippen LogP contribution in [0.15, 0.2) is 54.3 Å². The number of allylic oxidation sites excluding steroid dienone is 3. The van der Waals surface area contributed by atoms with Gasteiger partial charge in [-0.3, -0.25) is 0 Å². The first-order valence-electron chi connectivity index (χ1n) is 10.3. The molecule has 0 saturated carbocycles. The summed E-state index contributed by atoms with van der Waals surface area (Å²) in [6.07, 6.45) is 8.73. The Balaban J connectivity index is 1.96. The van der Waals surface area contributed by atoms with Crippen LogP contribution in [0.3, 0.4) is 0 Å². The Labute approximate surface area is 194 Å². The summed E-state index contributed by atoms with van der Waals surface area (Å²) >= 11 is 6.33. The smallest absolute Gasteiger partial charge is 0.333 e. The molecule has 172 valence electrons. The molecule has 0 fully saturated rings. The molecule has 1 aliphatic carbocycles. The zero-order chi connectivity index (χ0) is 23.6. The molecule has 0 amide bonds. The average Bonchev–Trinajstić information content (AvgIpc) is 2.80. The first-order chi connectivity index (χ1) is 15.4. The number of carboxylic acids is 1. The van der Waals surface area contributed by atoms with E-state index >= 15 is 0 Å². The number of hydrogen-bond donors (Lipinski definition) is 1.